The van der Waals surface area contributed by atoms with Gasteiger partial charge < -0.3 is 5.32 Å². The fourth-order valence-electron chi connectivity index (χ4n) is 1.99. The second-order valence-corrected chi connectivity index (χ2v) is 5.23. The summed E-state index contributed by atoms with van der Waals surface area (Å²) in [6, 6.07) is 9.68. The Morgan fingerprint density at radius 2 is 2.00 bits per heavy atom. The van der Waals surface area contributed by atoms with Crippen LogP contribution in [-0.4, -0.2) is 12.6 Å². The van der Waals surface area contributed by atoms with E-state index in [1.54, 1.807) is 0 Å². The molecule has 1 nitrogen and oxygen atoms in total. The lowest BCUT2D eigenvalue weighted by Crippen LogP contribution is -2.16. The highest BCUT2D eigenvalue weighted by atomic mass is 14.9. The largest absolute Gasteiger partial charge is 0.314 e. The molecule has 1 heteroatoms. The maximum atomic E-state index is 3.54. The van der Waals surface area contributed by atoms with Gasteiger partial charge in [0, 0.05) is 6.04 Å². The fourth-order valence-corrected chi connectivity index (χ4v) is 1.99. The number of hydrogen-bond acceptors (Lipinski definition) is 1. The van der Waals surface area contributed by atoms with E-state index in [1.807, 2.05) is 0 Å². The number of benzene rings is 1. The highest BCUT2D eigenvalue weighted by Crippen LogP contribution is 2.18. The molecule has 2 rings (SSSR count). The number of hydrogen-bond donors (Lipinski definition) is 1. The van der Waals surface area contributed by atoms with E-state index >= 15 is 0 Å². The molecule has 1 aromatic rings. The van der Waals surface area contributed by atoms with E-state index in [0.29, 0.717) is 0 Å². The average molecular weight is 229 g/mol. The monoisotopic (exact) mass is 229 g/mol. The van der Waals surface area contributed by atoms with Gasteiger partial charge in [-0.2, -0.15) is 0 Å². The minimum Gasteiger partial charge on any atom is -0.314 e. The van der Waals surface area contributed by atoms with Crippen molar-refractivity contribution >= 4 is 0 Å². The molecular weight excluding hydrogens is 206 g/mol. The molecule has 0 amide bonds. The Kier molecular flexibility index (Phi) is 4.38. The van der Waals surface area contributed by atoms with Crippen LogP contribution < -0.4 is 5.32 Å². The average Bonchev–Trinajstić information content (AvgIpc) is 3.12. The van der Waals surface area contributed by atoms with Gasteiger partial charge in [0.25, 0.3) is 0 Å². The molecule has 1 N–H and O–H groups in total. The molecule has 0 aromatic heterocycles. The molecule has 92 valence electrons. The zero-order valence-corrected chi connectivity index (χ0v) is 11.0. The van der Waals surface area contributed by atoms with Crippen LogP contribution in [0.5, 0.6) is 0 Å². The summed E-state index contributed by atoms with van der Waals surface area (Å²) in [6.45, 7) is 5.50. The molecule has 0 spiro atoms. The number of aryl methyl sites for hydroxylation is 1. The highest BCUT2D eigenvalue weighted by molar-refractivity contribution is 5.25. The third-order valence-corrected chi connectivity index (χ3v) is 3.25. The first-order valence-electron chi connectivity index (χ1n) is 6.68. The summed E-state index contributed by atoms with van der Waals surface area (Å²) >= 11 is 0. The molecule has 0 bridgehead atoms. The molecule has 1 aliphatic carbocycles. The van der Waals surface area contributed by atoms with Crippen molar-refractivity contribution in [2.75, 3.05) is 6.54 Å². The quantitative estimate of drug-likeness (QED) is 0.580. The van der Waals surface area contributed by atoms with E-state index in [9.17, 15) is 0 Å². The van der Waals surface area contributed by atoms with Gasteiger partial charge in [-0.05, 0) is 51.6 Å². The third kappa shape index (κ3) is 4.74. The zero-order chi connectivity index (χ0) is 12.1. The van der Waals surface area contributed by atoms with Crippen molar-refractivity contribution in [2.24, 2.45) is 0 Å². The first kappa shape index (κ1) is 12.4. The van der Waals surface area contributed by atoms with Crippen LogP contribution in [0.15, 0.2) is 35.9 Å². The first-order chi connectivity index (χ1) is 8.24. The molecule has 0 saturated heterocycles. The van der Waals surface area contributed by atoms with Crippen LogP contribution in [0.25, 0.3) is 0 Å². The maximum absolute atomic E-state index is 3.54. The Bertz CT molecular complexity index is 371. The van der Waals surface area contributed by atoms with Crippen LogP contribution in [0.3, 0.4) is 0 Å². The van der Waals surface area contributed by atoms with Gasteiger partial charge in [0.2, 0.25) is 0 Å². The smallest absolute Gasteiger partial charge is 0.00683 e. The van der Waals surface area contributed by atoms with Crippen molar-refractivity contribution in [1.29, 1.82) is 0 Å². The van der Waals surface area contributed by atoms with Gasteiger partial charge in [0.1, 0.15) is 0 Å². The molecular formula is C16H23N. The van der Waals surface area contributed by atoms with Gasteiger partial charge in [-0.25, -0.2) is 0 Å². The standard InChI is InChI=1S/C16H23N/c1-13-5-7-15(8-6-13)12-14(2)4-3-11-17-16-9-10-16/h4-8,16-17H,3,9-12H2,1-2H3. The molecule has 17 heavy (non-hydrogen) atoms. The lowest BCUT2D eigenvalue weighted by Gasteiger charge is -2.04. The molecule has 0 heterocycles. The van der Waals surface area contributed by atoms with Crippen molar-refractivity contribution in [2.45, 2.75) is 45.6 Å². The number of allylic oxidation sites excluding steroid dienone is 1. The molecule has 0 aliphatic heterocycles. The van der Waals surface area contributed by atoms with Crippen LogP contribution in [0.1, 0.15) is 37.3 Å². The second kappa shape index (κ2) is 6.02. The Morgan fingerprint density at radius 1 is 1.29 bits per heavy atom. The molecule has 1 aromatic carbocycles. The van der Waals surface area contributed by atoms with Crippen LogP contribution in [0.2, 0.25) is 0 Å². The summed E-state index contributed by atoms with van der Waals surface area (Å²) in [6.07, 6.45) is 7.38. The van der Waals surface area contributed by atoms with Gasteiger partial charge in [-0.15, -0.1) is 0 Å². The minimum absolute atomic E-state index is 0.834. The summed E-state index contributed by atoms with van der Waals surface area (Å²) in [5, 5.41) is 3.54. The Labute approximate surface area is 105 Å². The van der Waals surface area contributed by atoms with Crippen molar-refractivity contribution in [3.05, 3.63) is 47.0 Å². The number of nitrogens with one attached hydrogen (secondary N) is 1. The first-order valence-corrected chi connectivity index (χ1v) is 6.68. The van der Waals surface area contributed by atoms with Crippen molar-refractivity contribution in [1.82, 2.24) is 5.32 Å². The molecule has 1 saturated carbocycles. The van der Waals surface area contributed by atoms with Gasteiger partial charge in [-0.1, -0.05) is 41.5 Å². The van der Waals surface area contributed by atoms with Crippen molar-refractivity contribution in [3.63, 3.8) is 0 Å². The number of rotatable bonds is 6. The molecule has 0 atom stereocenters. The third-order valence-electron chi connectivity index (χ3n) is 3.25. The second-order valence-electron chi connectivity index (χ2n) is 5.23. The van der Waals surface area contributed by atoms with Crippen LogP contribution in [-0.2, 0) is 6.42 Å². The summed E-state index contributed by atoms with van der Waals surface area (Å²) in [5.41, 5.74) is 4.23. The summed E-state index contributed by atoms with van der Waals surface area (Å²) in [4.78, 5) is 0. The zero-order valence-electron chi connectivity index (χ0n) is 11.0. The molecule has 0 unspecified atom stereocenters. The Morgan fingerprint density at radius 3 is 2.65 bits per heavy atom. The maximum Gasteiger partial charge on any atom is 0.00683 e. The van der Waals surface area contributed by atoms with E-state index in [4.69, 9.17) is 0 Å². The van der Waals surface area contributed by atoms with E-state index in [2.05, 4.69) is 49.5 Å². The van der Waals surface area contributed by atoms with Gasteiger partial charge >= 0.3 is 0 Å². The molecule has 0 radical (unpaired) electrons. The Balaban J connectivity index is 1.72. The van der Waals surface area contributed by atoms with E-state index in [1.165, 1.54) is 29.5 Å². The van der Waals surface area contributed by atoms with Crippen LogP contribution in [0, 0.1) is 6.92 Å². The van der Waals surface area contributed by atoms with E-state index in [-0.39, 0.29) is 0 Å². The van der Waals surface area contributed by atoms with Gasteiger partial charge in [0.15, 0.2) is 0 Å². The van der Waals surface area contributed by atoms with Crippen molar-refractivity contribution < 1.29 is 0 Å². The lowest BCUT2D eigenvalue weighted by atomic mass is 10.0. The van der Waals surface area contributed by atoms with Crippen molar-refractivity contribution in [3.8, 4) is 0 Å². The molecule has 1 fully saturated rings. The molecule has 1 aliphatic rings. The summed E-state index contributed by atoms with van der Waals surface area (Å²) < 4.78 is 0. The van der Waals surface area contributed by atoms with Gasteiger partial charge in [0.05, 0.1) is 0 Å². The van der Waals surface area contributed by atoms with Gasteiger partial charge in [-0.3, -0.25) is 0 Å². The summed E-state index contributed by atoms with van der Waals surface area (Å²) in [7, 11) is 0. The minimum atomic E-state index is 0.834. The Hall–Kier alpha value is -1.08. The normalized spacial score (nSPS) is 16.2. The predicted molar refractivity (Wildman–Crippen MR) is 74.3 cm³/mol. The summed E-state index contributed by atoms with van der Waals surface area (Å²) in [5.74, 6) is 0. The lowest BCUT2D eigenvalue weighted by molar-refractivity contribution is 0.688. The predicted octanol–water partition coefficient (Wildman–Crippen LogP) is 3.63. The highest BCUT2D eigenvalue weighted by Gasteiger charge is 2.19. The van der Waals surface area contributed by atoms with E-state index < -0.39 is 0 Å². The SMILES string of the molecule is CC(=CCCNC1CC1)Cc1ccc(C)cc1. The fraction of sp³-hybridized carbons (Fsp3) is 0.500. The van der Waals surface area contributed by atoms with Crippen LogP contribution in [0.4, 0.5) is 0 Å². The topological polar surface area (TPSA) is 12.0 Å². The van der Waals surface area contributed by atoms with Crippen LogP contribution >= 0.6 is 0 Å². The van der Waals surface area contributed by atoms with E-state index in [0.717, 1.165) is 25.4 Å².